The molecular weight excluding hydrogens is 810 g/mol. The van der Waals surface area contributed by atoms with Crippen LogP contribution in [0.2, 0.25) is 49.8 Å². The van der Waals surface area contributed by atoms with E-state index in [1.54, 1.807) is 48.1 Å². The van der Waals surface area contributed by atoms with E-state index in [4.69, 9.17) is 0 Å². The second kappa shape index (κ2) is 21.3. The van der Waals surface area contributed by atoms with Crippen LogP contribution in [0.25, 0.3) is 28.6 Å². The molecule has 4 aromatic rings. The quantitative estimate of drug-likeness (QED) is 0.0394. The van der Waals surface area contributed by atoms with Gasteiger partial charge in [-0.3, -0.25) is 0 Å². The van der Waals surface area contributed by atoms with Crippen molar-refractivity contribution in [1.82, 2.24) is 0 Å². The Balaban J connectivity index is 1.32. The third kappa shape index (κ3) is 11.7. The molecule has 0 radical (unpaired) electrons. The van der Waals surface area contributed by atoms with Crippen LogP contribution in [0.3, 0.4) is 0 Å². The van der Waals surface area contributed by atoms with Crippen molar-refractivity contribution < 1.29 is 0 Å². The number of unbranched alkanes of at least 4 members (excludes halogenated alkanes) is 22. The van der Waals surface area contributed by atoms with Gasteiger partial charge in [0, 0.05) is 0 Å². The molecule has 298 valence electrons. The van der Waals surface area contributed by atoms with E-state index in [1.165, 1.54) is 154 Å². The first-order valence-electron chi connectivity index (χ1n) is 22.7. The van der Waals surface area contributed by atoms with E-state index in [9.17, 15) is 0 Å². The molecule has 0 bridgehead atoms. The van der Waals surface area contributed by atoms with Crippen molar-refractivity contribution in [3.8, 4) is 9.75 Å². The maximum atomic E-state index is 2.68. The molecule has 0 N–H and O–H groups in total. The minimum atomic E-state index is -2.65. The van der Waals surface area contributed by atoms with E-state index in [1.807, 2.05) is 8.79 Å². The average Bonchev–Trinajstić information content (AvgIpc) is 3.90. The number of hydrogen-bond donors (Lipinski definition) is 0. The third-order valence-electron chi connectivity index (χ3n) is 12.3. The summed E-state index contributed by atoms with van der Waals surface area (Å²) >= 11 is 6.32. The Morgan fingerprint density at radius 1 is 0.396 bits per heavy atom. The topological polar surface area (TPSA) is 0 Å². The van der Waals surface area contributed by atoms with Crippen LogP contribution in [0.4, 0.5) is 0 Å². The summed E-state index contributed by atoms with van der Waals surface area (Å²) in [6.45, 7) is 20.1. The Hall–Kier alpha value is 0.297. The first kappa shape index (κ1) is 44.4. The Bertz CT molecular complexity index is 1540. The van der Waals surface area contributed by atoms with Crippen molar-refractivity contribution in [2.75, 3.05) is 0 Å². The number of thiophene rings is 4. The molecule has 1 aliphatic heterocycles. The molecule has 5 rings (SSSR count). The van der Waals surface area contributed by atoms with Gasteiger partial charge in [-0.05, 0) is 0 Å². The molecule has 0 saturated heterocycles. The van der Waals surface area contributed by atoms with E-state index in [-0.39, 0.29) is 0 Å². The van der Waals surface area contributed by atoms with Gasteiger partial charge in [0.1, 0.15) is 0 Å². The number of rotatable bonds is 28. The first-order chi connectivity index (χ1) is 25.5. The van der Waals surface area contributed by atoms with Crippen molar-refractivity contribution in [3.63, 3.8) is 0 Å². The average molecular weight is 888 g/mol. The SMILES string of the molecule is CCCCCCCCCCCCC[CH2][Ge]1([CH2]CCCCCCCCCCCCC)[c]2c(sc3cc([Si](C)(C)C)sc23)-c2sc3cc([Si](C)(C)C)sc3[c]21. The van der Waals surface area contributed by atoms with Crippen LogP contribution in [0.5, 0.6) is 0 Å². The maximum absolute atomic E-state index is 2.68. The molecule has 0 atom stereocenters. The van der Waals surface area contributed by atoms with Gasteiger partial charge in [-0.15, -0.1) is 0 Å². The molecule has 5 heterocycles. The normalized spacial score (nSPS) is 14.3. The molecule has 1 aliphatic rings. The van der Waals surface area contributed by atoms with Gasteiger partial charge in [0.2, 0.25) is 0 Å². The monoisotopic (exact) mass is 888 g/mol. The molecule has 0 nitrogen and oxygen atoms in total. The second-order valence-electron chi connectivity index (χ2n) is 19.1. The Labute approximate surface area is 348 Å². The van der Waals surface area contributed by atoms with Gasteiger partial charge in [-0.1, -0.05) is 26.7 Å². The summed E-state index contributed by atoms with van der Waals surface area (Å²) in [5, 5.41) is 3.10. The van der Waals surface area contributed by atoms with Gasteiger partial charge in [0.05, 0.1) is 0 Å². The van der Waals surface area contributed by atoms with E-state index in [0.717, 1.165) is 0 Å². The van der Waals surface area contributed by atoms with Crippen molar-refractivity contribution in [1.29, 1.82) is 0 Å². The third-order valence-corrected chi connectivity index (χ3v) is 37.1. The summed E-state index contributed by atoms with van der Waals surface area (Å²) in [4.78, 5) is 3.54. The predicted molar refractivity (Wildman–Crippen MR) is 261 cm³/mol. The fourth-order valence-corrected chi connectivity index (χ4v) is 35.5. The molecule has 0 saturated carbocycles. The number of hydrogen-bond acceptors (Lipinski definition) is 4. The molecule has 0 fully saturated rings. The van der Waals surface area contributed by atoms with Gasteiger partial charge < -0.3 is 0 Å². The van der Waals surface area contributed by atoms with Gasteiger partial charge in [0.15, 0.2) is 0 Å². The van der Waals surface area contributed by atoms with E-state index in [2.05, 4.69) is 111 Å². The van der Waals surface area contributed by atoms with Crippen molar-refractivity contribution in [3.05, 3.63) is 12.1 Å². The van der Waals surface area contributed by atoms with Crippen LogP contribution in [-0.2, 0) is 0 Å². The van der Waals surface area contributed by atoms with E-state index >= 15 is 0 Å². The predicted octanol–water partition coefficient (Wildman–Crippen LogP) is 16.3. The van der Waals surface area contributed by atoms with Gasteiger partial charge in [-0.25, -0.2) is 0 Å². The van der Waals surface area contributed by atoms with Gasteiger partial charge in [-0.2, -0.15) is 0 Å². The fraction of sp³-hybridized carbons (Fsp3) is 0.739. The van der Waals surface area contributed by atoms with Crippen LogP contribution >= 0.6 is 45.3 Å². The van der Waals surface area contributed by atoms with Gasteiger partial charge >= 0.3 is 324 Å². The second-order valence-corrected chi connectivity index (χ2v) is 42.8. The van der Waals surface area contributed by atoms with Gasteiger partial charge in [0.25, 0.3) is 0 Å². The van der Waals surface area contributed by atoms with Crippen molar-refractivity contribution in [2.45, 2.75) is 218 Å². The Kier molecular flexibility index (Phi) is 17.9. The molecular formula is C46H78GeS4Si2. The van der Waals surface area contributed by atoms with Crippen LogP contribution in [-0.4, -0.2) is 29.4 Å². The van der Waals surface area contributed by atoms with Crippen LogP contribution in [0, 0.1) is 0 Å². The molecule has 7 heteroatoms. The zero-order valence-corrected chi connectivity index (χ0v) is 43.0. The number of fused-ring (bicyclic) bond motifs is 7. The van der Waals surface area contributed by atoms with E-state index in [0.29, 0.717) is 0 Å². The summed E-state index contributed by atoms with van der Waals surface area (Å²) in [7, 11) is -2.69. The van der Waals surface area contributed by atoms with Crippen LogP contribution in [0.15, 0.2) is 12.1 Å². The molecule has 0 unspecified atom stereocenters. The summed E-state index contributed by atoms with van der Waals surface area (Å²) in [5.41, 5.74) is 0. The summed E-state index contributed by atoms with van der Waals surface area (Å²) in [6.07, 6.45) is 34.9. The Morgan fingerprint density at radius 3 is 0.962 bits per heavy atom. The fourth-order valence-electron chi connectivity index (χ4n) is 8.99. The summed E-state index contributed by atoms with van der Waals surface area (Å²) in [5.74, 6) is 0. The first-order valence-corrected chi connectivity index (χ1v) is 38.0. The summed E-state index contributed by atoms with van der Waals surface area (Å²) in [6, 6.07) is 5.35. The molecule has 0 spiro atoms. The Morgan fingerprint density at radius 2 is 0.679 bits per heavy atom. The zero-order valence-electron chi connectivity index (χ0n) is 35.7. The molecule has 0 aromatic carbocycles. The molecule has 53 heavy (non-hydrogen) atoms. The van der Waals surface area contributed by atoms with Crippen LogP contribution < -0.4 is 17.8 Å². The van der Waals surface area contributed by atoms with Crippen molar-refractivity contribution >= 4 is 111 Å². The summed E-state index contributed by atoms with van der Waals surface area (Å²) < 4.78 is 14.3. The van der Waals surface area contributed by atoms with E-state index < -0.39 is 29.4 Å². The molecule has 0 amide bonds. The zero-order chi connectivity index (χ0) is 37.9. The molecule has 0 aliphatic carbocycles. The van der Waals surface area contributed by atoms with Crippen molar-refractivity contribution in [2.24, 2.45) is 0 Å². The van der Waals surface area contributed by atoms with Crippen LogP contribution in [0.1, 0.15) is 168 Å². The standard InChI is InChI=1S/C46H78GeS4Si2/c1-9-11-13-15-17-19-21-23-25-27-29-31-33-47(34-32-30-28-26-24-22-20-18-16-14-12-10-2)41-43-37(35-39(50-43)52(3,4)5)48-45(41)46-42(47)44-38(49-46)36-40(51-44)53(6,7)8/h35-36H,9-34H2,1-8H3. The molecule has 4 aromatic heterocycles. The minimum absolute atomic E-state index is 1.35.